The first-order valence-electron chi connectivity index (χ1n) is 7.86. The predicted octanol–water partition coefficient (Wildman–Crippen LogP) is 3.86. The third-order valence-electron chi connectivity index (χ3n) is 3.61. The zero-order chi connectivity index (χ0) is 16.9. The molecule has 0 unspecified atom stereocenters. The van der Waals surface area contributed by atoms with Crippen LogP contribution in [0.4, 0.5) is 11.4 Å². The summed E-state index contributed by atoms with van der Waals surface area (Å²) in [5, 5.41) is 3.86. The second-order valence-electron chi connectivity index (χ2n) is 5.44. The fourth-order valence-corrected chi connectivity index (χ4v) is 2.43. The Bertz CT molecular complexity index is 872. The summed E-state index contributed by atoms with van der Waals surface area (Å²) < 4.78 is 5.53. The van der Waals surface area contributed by atoms with E-state index in [1.54, 1.807) is 24.4 Å². The maximum absolute atomic E-state index is 12.5. The van der Waals surface area contributed by atoms with E-state index in [-0.39, 0.29) is 5.91 Å². The predicted molar refractivity (Wildman–Crippen MR) is 96.3 cm³/mol. The highest BCUT2D eigenvalue weighted by atomic mass is 16.5. The van der Waals surface area contributed by atoms with Crippen LogP contribution < -0.4 is 15.8 Å². The Kier molecular flexibility index (Phi) is 4.61. The van der Waals surface area contributed by atoms with Gasteiger partial charge in [-0.3, -0.25) is 9.78 Å². The number of anilines is 2. The number of carbonyl (C=O) groups is 1. The SMILES string of the molecule is CCCOc1ccc(C(=O)Nc2cccc3cccnc23)cc1N. The van der Waals surface area contributed by atoms with Crippen molar-refractivity contribution in [2.75, 3.05) is 17.7 Å². The minimum Gasteiger partial charge on any atom is -0.491 e. The fourth-order valence-electron chi connectivity index (χ4n) is 2.43. The van der Waals surface area contributed by atoms with Gasteiger partial charge in [-0.05, 0) is 36.8 Å². The van der Waals surface area contributed by atoms with Crippen molar-refractivity contribution in [2.24, 2.45) is 0 Å². The van der Waals surface area contributed by atoms with Gasteiger partial charge in [0.25, 0.3) is 5.91 Å². The first-order valence-corrected chi connectivity index (χ1v) is 7.86. The molecule has 0 aliphatic carbocycles. The number of ether oxygens (including phenoxy) is 1. The number of nitrogens with two attached hydrogens (primary N) is 1. The van der Waals surface area contributed by atoms with E-state index in [0.717, 1.165) is 17.3 Å². The standard InChI is InChI=1S/C19H19N3O2/c1-2-11-24-17-9-8-14(12-15(17)20)19(23)22-16-7-3-5-13-6-4-10-21-18(13)16/h3-10,12H,2,11,20H2,1H3,(H,22,23). The molecule has 0 aliphatic rings. The van der Waals surface area contributed by atoms with E-state index in [4.69, 9.17) is 10.5 Å². The number of para-hydroxylation sites is 1. The van der Waals surface area contributed by atoms with E-state index in [2.05, 4.69) is 10.3 Å². The molecule has 122 valence electrons. The van der Waals surface area contributed by atoms with Gasteiger partial charge in [-0.15, -0.1) is 0 Å². The van der Waals surface area contributed by atoms with Gasteiger partial charge in [-0.1, -0.05) is 25.1 Å². The molecule has 0 spiro atoms. The Labute approximate surface area is 140 Å². The molecular formula is C19H19N3O2. The topological polar surface area (TPSA) is 77.2 Å². The summed E-state index contributed by atoms with van der Waals surface area (Å²) in [5.74, 6) is 0.363. The number of aromatic nitrogens is 1. The second-order valence-corrected chi connectivity index (χ2v) is 5.44. The number of nitrogens with one attached hydrogen (secondary N) is 1. The lowest BCUT2D eigenvalue weighted by atomic mass is 10.1. The molecule has 5 heteroatoms. The summed E-state index contributed by atoms with van der Waals surface area (Å²) in [6, 6.07) is 14.5. The Morgan fingerprint density at radius 1 is 1.21 bits per heavy atom. The molecule has 0 bridgehead atoms. The summed E-state index contributed by atoms with van der Waals surface area (Å²) in [7, 11) is 0. The monoisotopic (exact) mass is 321 g/mol. The van der Waals surface area contributed by atoms with Gasteiger partial charge >= 0.3 is 0 Å². The van der Waals surface area contributed by atoms with Crippen LogP contribution in [0.3, 0.4) is 0 Å². The lowest BCUT2D eigenvalue weighted by molar-refractivity contribution is 0.102. The van der Waals surface area contributed by atoms with Crippen molar-refractivity contribution in [2.45, 2.75) is 13.3 Å². The number of amides is 1. The maximum Gasteiger partial charge on any atom is 0.255 e. The van der Waals surface area contributed by atoms with Crippen LogP contribution in [0.2, 0.25) is 0 Å². The third-order valence-corrected chi connectivity index (χ3v) is 3.61. The van der Waals surface area contributed by atoms with Crippen molar-refractivity contribution in [1.29, 1.82) is 0 Å². The number of hydrogen-bond donors (Lipinski definition) is 2. The smallest absolute Gasteiger partial charge is 0.255 e. The van der Waals surface area contributed by atoms with Crippen LogP contribution in [-0.2, 0) is 0 Å². The van der Waals surface area contributed by atoms with Crippen LogP contribution >= 0.6 is 0 Å². The Hall–Kier alpha value is -3.08. The van der Waals surface area contributed by atoms with E-state index in [1.807, 2.05) is 37.3 Å². The minimum atomic E-state index is -0.234. The van der Waals surface area contributed by atoms with Gasteiger partial charge in [0.05, 0.1) is 23.5 Å². The van der Waals surface area contributed by atoms with Crippen molar-refractivity contribution in [3.63, 3.8) is 0 Å². The van der Waals surface area contributed by atoms with Gasteiger partial charge in [-0.25, -0.2) is 0 Å². The molecule has 0 saturated carbocycles. The molecule has 0 aliphatic heterocycles. The van der Waals surface area contributed by atoms with Crippen LogP contribution in [0.25, 0.3) is 10.9 Å². The van der Waals surface area contributed by atoms with Crippen molar-refractivity contribution in [3.8, 4) is 5.75 Å². The number of carbonyl (C=O) groups excluding carboxylic acids is 1. The number of nitrogens with zero attached hydrogens (tertiary/aromatic N) is 1. The zero-order valence-electron chi connectivity index (χ0n) is 13.5. The average Bonchev–Trinajstić information content (AvgIpc) is 2.61. The lowest BCUT2D eigenvalue weighted by Crippen LogP contribution is -2.13. The number of rotatable bonds is 5. The van der Waals surface area contributed by atoms with Gasteiger partial charge < -0.3 is 15.8 Å². The van der Waals surface area contributed by atoms with Gasteiger partial charge in [0, 0.05) is 17.1 Å². The quantitative estimate of drug-likeness (QED) is 0.700. The fraction of sp³-hybridized carbons (Fsp3) is 0.158. The van der Waals surface area contributed by atoms with Gasteiger partial charge in [0.2, 0.25) is 0 Å². The second kappa shape index (κ2) is 7.00. The molecule has 1 aromatic heterocycles. The zero-order valence-corrected chi connectivity index (χ0v) is 13.5. The molecule has 1 heterocycles. The van der Waals surface area contributed by atoms with Crippen LogP contribution in [-0.4, -0.2) is 17.5 Å². The van der Waals surface area contributed by atoms with Gasteiger partial charge in [0.1, 0.15) is 5.75 Å². The van der Waals surface area contributed by atoms with Crippen molar-refractivity contribution in [3.05, 3.63) is 60.3 Å². The number of fused-ring (bicyclic) bond motifs is 1. The number of hydrogen-bond acceptors (Lipinski definition) is 4. The highest BCUT2D eigenvalue weighted by Gasteiger charge is 2.11. The molecule has 0 fully saturated rings. The number of benzene rings is 2. The molecule has 3 N–H and O–H groups in total. The van der Waals surface area contributed by atoms with Crippen LogP contribution in [0.15, 0.2) is 54.7 Å². The van der Waals surface area contributed by atoms with Crippen molar-refractivity contribution < 1.29 is 9.53 Å². The summed E-state index contributed by atoms with van der Waals surface area (Å²) in [5.41, 5.74) is 8.32. The first-order chi connectivity index (χ1) is 11.7. The normalized spacial score (nSPS) is 10.5. The van der Waals surface area contributed by atoms with E-state index >= 15 is 0 Å². The summed E-state index contributed by atoms with van der Waals surface area (Å²) in [6.07, 6.45) is 2.60. The molecule has 0 atom stereocenters. The number of nitrogen functional groups attached to an aromatic ring is 1. The van der Waals surface area contributed by atoms with E-state index < -0.39 is 0 Å². The average molecular weight is 321 g/mol. The highest BCUT2D eigenvalue weighted by Crippen LogP contribution is 2.25. The van der Waals surface area contributed by atoms with Crippen LogP contribution in [0.1, 0.15) is 23.7 Å². The summed E-state index contributed by atoms with van der Waals surface area (Å²) in [4.78, 5) is 16.8. The lowest BCUT2D eigenvalue weighted by Gasteiger charge is -2.11. The van der Waals surface area contributed by atoms with Crippen molar-refractivity contribution >= 4 is 28.2 Å². The van der Waals surface area contributed by atoms with E-state index in [9.17, 15) is 4.79 Å². The molecule has 0 radical (unpaired) electrons. The minimum absolute atomic E-state index is 0.234. The van der Waals surface area contributed by atoms with Crippen molar-refractivity contribution in [1.82, 2.24) is 4.98 Å². The van der Waals surface area contributed by atoms with E-state index in [0.29, 0.717) is 29.3 Å². The third kappa shape index (κ3) is 3.30. The van der Waals surface area contributed by atoms with Gasteiger partial charge in [0.15, 0.2) is 0 Å². The molecular weight excluding hydrogens is 302 g/mol. The Balaban J connectivity index is 1.83. The number of pyridine rings is 1. The molecule has 1 amide bonds. The molecule has 24 heavy (non-hydrogen) atoms. The molecule has 5 nitrogen and oxygen atoms in total. The molecule has 3 rings (SSSR count). The largest absolute Gasteiger partial charge is 0.491 e. The summed E-state index contributed by atoms with van der Waals surface area (Å²) >= 11 is 0. The van der Waals surface area contributed by atoms with Crippen LogP contribution in [0, 0.1) is 0 Å². The molecule has 0 saturated heterocycles. The molecule has 3 aromatic rings. The summed E-state index contributed by atoms with van der Waals surface area (Å²) in [6.45, 7) is 2.62. The Morgan fingerprint density at radius 3 is 2.83 bits per heavy atom. The molecule has 2 aromatic carbocycles. The Morgan fingerprint density at radius 2 is 2.04 bits per heavy atom. The van der Waals surface area contributed by atoms with Gasteiger partial charge in [-0.2, -0.15) is 0 Å². The maximum atomic E-state index is 12.5. The van der Waals surface area contributed by atoms with E-state index in [1.165, 1.54) is 0 Å². The van der Waals surface area contributed by atoms with Crippen LogP contribution in [0.5, 0.6) is 5.75 Å². The highest BCUT2D eigenvalue weighted by molar-refractivity contribution is 6.08. The first kappa shape index (κ1) is 15.8.